The highest BCUT2D eigenvalue weighted by Gasteiger charge is 2.14. The van der Waals surface area contributed by atoms with E-state index in [1.807, 2.05) is 26.0 Å². The van der Waals surface area contributed by atoms with Crippen molar-refractivity contribution in [3.8, 4) is 5.75 Å². The molecule has 0 aliphatic carbocycles. The van der Waals surface area contributed by atoms with Crippen LogP contribution in [0.2, 0.25) is 0 Å². The van der Waals surface area contributed by atoms with Gasteiger partial charge in [-0.05, 0) is 62.2 Å². The maximum atomic E-state index is 13.0. The number of hydrogen-bond donors (Lipinski definition) is 0. The lowest BCUT2D eigenvalue weighted by atomic mass is 10.1. The van der Waals surface area contributed by atoms with Crippen LogP contribution in [0.5, 0.6) is 5.75 Å². The van der Waals surface area contributed by atoms with Gasteiger partial charge in [0.05, 0.1) is 16.8 Å². The van der Waals surface area contributed by atoms with E-state index in [2.05, 4.69) is 4.99 Å². The molecule has 3 aromatic rings. The zero-order valence-electron chi connectivity index (χ0n) is 16.4. The van der Waals surface area contributed by atoms with Crippen molar-refractivity contribution in [2.75, 3.05) is 13.2 Å². The van der Waals surface area contributed by atoms with Crippen LogP contribution >= 0.6 is 11.3 Å². The van der Waals surface area contributed by atoms with Crippen LogP contribution < -0.4 is 9.54 Å². The fourth-order valence-electron chi connectivity index (χ4n) is 2.90. The second kappa shape index (κ2) is 9.00. The molecule has 0 unspecified atom stereocenters. The molecule has 0 aliphatic rings. The minimum atomic E-state index is -0.507. The summed E-state index contributed by atoms with van der Waals surface area (Å²) in [6, 6.07) is 9.38. The van der Waals surface area contributed by atoms with Gasteiger partial charge < -0.3 is 14.0 Å². The van der Waals surface area contributed by atoms with Gasteiger partial charge in [-0.25, -0.2) is 4.39 Å². The molecule has 0 spiro atoms. The van der Waals surface area contributed by atoms with E-state index < -0.39 is 11.9 Å². The molecule has 2 aromatic carbocycles. The second-order valence-electron chi connectivity index (χ2n) is 6.45. The molecule has 0 aliphatic heterocycles. The van der Waals surface area contributed by atoms with Gasteiger partial charge in [0, 0.05) is 0 Å². The molecular formula is C21H21FN2O4S. The Bertz CT molecular complexity index is 1120. The van der Waals surface area contributed by atoms with Crippen molar-refractivity contribution in [1.82, 2.24) is 4.57 Å². The molecule has 0 atom stereocenters. The second-order valence-corrected chi connectivity index (χ2v) is 7.43. The van der Waals surface area contributed by atoms with Crippen molar-refractivity contribution in [2.24, 2.45) is 4.99 Å². The zero-order valence-corrected chi connectivity index (χ0v) is 17.2. The Hall–Kier alpha value is -3.00. The lowest BCUT2D eigenvalue weighted by Crippen LogP contribution is -2.24. The summed E-state index contributed by atoms with van der Waals surface area (Å²) in [6.45, 7) is 5.63. The number of aromatic nitrogens is 1. The zero-order chi connectivity index (χ0) is 21.0. The predicted molar refractivity (Wildman–Crippen MR) is 108 cm³/mol. The molecule has 1 amide bonds. The fourth-order valence-corrected chi connectivity index (χ4v) is 4.00. The minimum Gasteiger partial charge on any atom is -0.484 e. The van der Waals surface area contributed by atoms with Gasteiger partial charge in [0.15, 0.2) is 11.4 Å². The van der Waals surface area contributed by atoms with E-state index in [0.717, 1.165) is 21.3 Å². The molecular weight excluding hydrogens is 395 g/mol. The van der Waals surface area contributed by atoms with Gasteiger partial charge in [-0.3, -0.25) is 9.59 Å². The number of aryl methyl sites for hydroxylation is 2. The van der Waals surface area contributed by atoms with Gasteiger partial charge in [-0.15, -0.1) is 0 Å². The topological polar surface area (TPSA) is 69.9 Å². The molecule has 152 valence electrons. The van der Waals surface area contributed by atoms with E-state index in [1.165, 1.54) is 35.6 Å². The van der Waals surface area contributed by atoms with Gasteiger partial charge in [-0.1, -0.05) is 17.4 Å². The predicted octanol–water partition coefficient (Wildman–Crippen LogP) is 3.53. The van der Waals surface area contributed by atoms with Gasteiger partial charge >= 0.3 is 5.97 Å². The van der Waals surface area contributed by atoms with Crippen LogP contribution in [0.3, 0.4) is 0 Å². The highest BCUT2D eigenvalue weighted by atomic mass is 32.1. The third-order valence-electron chi connectivity index (χ3n) is 4.10. The highest BCUT2D eigenvalue weighted by Crippen LogP contribution is 2.23. The Labute approximate surface area is 171 Å². The third kappa shape index (κ3) is 5.08. The monoisotopic (exact) mass is 416 g/mol. The number of thiazole rings is 1. The Balaban J connectivity index is 1.93. The van der Waals surface area contributed by atoms with Gasteiger partial charge in [0.2, 0.25) is 0 Å². The van der Waals surface area contributed by atoms with Crippen LogP contribution in [-0.4, -0.2) is 29.7 Å². The Kier molecular flexibility index (Phi) is 6.43. The first kappa shape index (κ1) is 20.7. The quantitative estimate of drug-likeness (QED) is 0.577. The molecule has 3 rings (SSSR count). The number of esters is 1. The number of fused-ring (bicyclic) bond motifs is 1. The average molecular weight is 416 g/mol. The van der Waals surface area contributed by atoms with Crippen LogP contribution in [0.4, 0.5) is 4.39 Å². The standard InChI is InChI=1S/C21H21FN2O4S/c1-4-27-19(26)11-24-17-10-13(2)9-14(3)20(17)29-21(24)23-18(25)12-28-16-7-5-15(22)6-8-16/h5-10H,4,11-12H2,1-3H3. The molecule has 0 saturated carbocycles. The number of nitrogens with zero attached hydrogens (tertiary/aromatic N) is 2. The Morgan fingerprint density at radius 2 is 1.90 bits per heavy atom. The lowest BCUT2D eigenvalue weighted by Gasteiger charge is -2.06. The van der Waals surface area contributed by atoms with Gasteiger partial charge in [0.1, 0.15) is 18.1 Å². The number of halogens is 1. The summed E-state index contributed by atoms with van der Waals surface area (Å²) < 4.78 is 26.0. The maximum absolute atomic E-state index is 13.0. The summed E-state index contributed by atoms with van der Waals surface area (Å²) in [5.41, 5.74) is 2.91. The summed E-state index contributed by atoms with van der Waals surface area (Å²) in [6.07, 6.45) is 0. The average Bonchev–Trinajstić information content (AvgIpc) is 2.99. The first-order valence-electron chi connectivity index (χ1n) is 9.09. The van der Waals surface area contributed by atoms with Crippen LogP contribution in [0.25, 0.3) is 10.2 Å². The summed E-state index contributed by atoms with van der Waals surface area (Å²) in [4.78, 5) is 29.0. The van der Waals surface area contributed by atoms with E-state index in [0.29, 0.717) is 10.6 Å². The normalized spacial score (nSPS) is 11.7. The molecule has 6 nitrogen and oxygen atoms in total. The van der Waals surface area contributed by atoms with Crippen molar-refractivity contribution in [1.29, 1.82) is 0 Å². The summed E-state index contributed by atoms with van der Waals surface area (Å²) in [5, 5.41) is 0. The molecule has 1 heterocycles. The fraction of sp³-hybridized carbons (Fsp3) is 0.286. The third-order valence-corrected chi connectivity index (χ3v) is 5.33. The number of carbonyl (C=O) groups excluding carboxylic acids is 2. The number of amides is 1. The van der Waals surface area contributed by atoms with Crippen LogP contribution in [0.1, 0.15) is 18.1 Å². The molecule has 0 bridgehead atoms. The molecule has 29 heavy (non-hydrogen) atoms. The molecule has 8 heteroatoms. The van der Waals surface area contributed by atoms with Crippen LogP contribution in [0, 0.1) is 19.7 Å². The first-order valence-corrected chi connectivity index (χ1v) is 9.91. The number of benzene rings is 2. The first-order chi connectivity index (χ1) is 13.9. The van der Waals surface area contributed by atoms with E-state index in [4.69, 9.17) is 9.47 Å². The van der Waals surface area contributed by atoms with Gasteiger partial charge in [-0.2, -0.15) is 4.99 Å². The number of rotatable bonds is 6. The van der Waals surface area contributed by atoms with Crippen LogP contribution in [0.15, 0.2) is 41.4 Å². The Morgan fingerprint density at radius 1 is 1.17 bits per heavy atom. The number of hydrogen-bond acceptors (Lipinski definition) is 5. The summed E-state index contributed by atoms with van der Waals surface area (Å²) >= 11 is 1.33. The molecule has 0 N–H and O–H groups in total. The van der Waals surface area contributed by atoms with Crippen molar-refractivity contribution in [3.05, 3.63) is 58.1 Å². The van der Waals surface area contributed by atoms with Crippen molar-refractivity contribution < 1.29 is 23.5 Å². The number of ether oxygens (including phenoxy) is 2. The van der Waals surface area contributed by atoms with E-state index in [-0.39, 0.29) is 25.6 Å². The smallest absolute Gasteiger partial charge is 0.326 e. The molecule has 0 radical (unpaired) electrons. The molecule has 0 fully saturated rings. The lowest BCUT2D eigenvalue weighted by molar-refractivity contribution is -0.143. The molecule has 0 saturated heterocycles. The highest BCUT2D eigenvalue weighted by molar-refractivity contribution is 7.16. The maximum Gasteiger partial charge on any atom is 0.326 e. The molecule has 1 aromatic heterocycles. The Morgan fingerprint density at radius 3 is 2.59 bits per heavy atom. The van der Waals surface area contributed by atoms with E-state index in [9.17, 15) is 14.0 Å². The van der Waals surface area contributed by atoms with Crippen molar-refractivity contribution in [3.63, 3.8) is 0 Å². The van der Waals surface area contributed by atoms with Crippen molar-refractivity contribution in [2.45, 2.75) is 27.3 Å². The summed E-state index contributed by atoms with van der Waals surface area (Å²) in [7, 11) is 0. The van der Waals surface area contributed by atoms with Crippen molar-refractivity contribution >= 4 is 33.4 Å². The van der Waals surface area contributed by atoms with Crippen LogP contribution in [-0.2, 0) is 20.9 Å². The van der Waals surface area contributed by atoms with Gasteiger partial charge in [0.25, 0.3) is 5.91 Å². The van der Waals surface area contributed by atoms with E-state index >= 15 is 0 Å². The summed E-state index contributed by atoms with van der Waals surface area (Å²) in [5.74, 6) is -0.919. The minimum absolute atomic E-state index is 0.0400. The number of carbonyl (C=O) groups is 2. The SMILES string of the molecule is CCOC(=O)Cn1c(=NC(=O)COc2ccc(F)cc2)sc2c(C)cc(C)cc21. The van der Waals surface area contributed by atoms with E-state index in [1.54, 1.807) is 11.5 Å². The largest absolute Gasteiger partial charge is 0.484 e.